The maximum atomic E-state index is 11.3. The molecule has 0 fully saturated rings. The van der Waals surface area contributed by atoms with Crippen molar-refractivity contribution in [3.63, 3.8) is 0 Å². The molecule has 2 heteroatoms. The highest BCUT2D eigenvalue weighted by Gasteiger charge is 2.14. The van der Waals surface area contributed by atoms with Crippen LogP contribution in [0, 0.1) is 0 Å². The zero-order valence-corrected chi connectivity index (χ0v) is 10.7. The van der Waals surface area contributed by atoms with E-state index in [0.717, 1.165) is 24.0 Å². The van der Waals surface area contributed by atoms with Gasteiger partial charge in [0.1, 0.15) is 0 Å². The van der Waals surface area contributed by atoms with Crippen molar-refractivity contribution in [3.8, 4) is 11.1 Å². The van der Waals surface area contributed by atoms with Gasteiger partial charge >= 0.3 is 5.97 Å². The Labute approximate surface area is 112 Å². The van der Waals surface area contributed by atoms with Crippen LogP contribution in [0.25, 0.3) is 11.1 Å². The van der Waals surface area contributed by atoms with Crippen LogP contribution in [0.5, 0.6) is 0 Å². The van der Waals surface area contributed by atoms with Crippen molar-refractivity contribution in [1.29, 1.82) is 0 Å². The fourth-order valence-electron chi connectivity index (χ4n) is 2.82. The van der Waals surface area contributed by atoms with E-state index in [2.05, 4.69) is 12.1 Å². The molecule has 3 rings (SSSR count). The van der Waals surface area contributed by atoms with E-state index in [0.29, 0.717) is 5.56 Å². The van der Waals surface area contributed by atoms with Gasteiger partial charge in [-0.25, -0.2) is 4.79 Å². The predicted molar refractivity (Wildman–Crippen MR) is 75.5 cm³/mol. The molecule has 0 heterocycles. The van der Waals surface area contributed by atoms with Crippen molar-refractivity contribution in [2.75, 3.05) is 0 Å². The number of hydrogen-bond acceptors (Lipinski definition) is 1. The number of benzene rings is 2. The van der Waals surface area contributed by atoms with E-state index in [9.17, 15) is 9.90 Å². The molecule has 0 unspecified atom stereocenters. The van der Waals surface area contributed by atoms with E-state index in [1.807, 2.05) is 18.2 Å². The largest absolute Gasteiger partial charge is 0.478 e. The highest BCUT2D eigenvalue weighted by Crippen LogP contribution is 2.29. The van der Waals surface area contributed by atoms with Crippen LogP contribution in [0.3, 0.4) is 0 Å². The predicted octanol–water partition coefficient (Wildman–Crippen LogP) is 3.93. The number of aromatic carboxylic acids is 1. The van der Waals surface area contributed by atoms with Crippen molar-refractivity contribution in [2.45, 2.75) is 25.7 Å². The van der Waals surface area contributed by atoms with Crippen LogP contribution in [-0.4, -0.2) is 11.1 Å². The van der Waals surface area contributed by atoms with Crippen LogP contribution < -0.4 is 0 Å². The molecule has 0 bridgehead atoms. The van der Waals surface area contributed by atoms with Gasteiger partial charge in [-0.2, -0.15) is 0 Å². The molecule has 0 atom stereocenters. The summed E-state index contributed by atoms with van der Waals surface area (Å²) in [6, 6.07) is 13.6. The van der Waals surface area contributed by atoms with Crippen LogP contribution in [0.2, 0.25) is 0 Å². The van der Waals surface area contributed by atoms with Crippen LogP contribution in [-0.2, 0) is 12.8 Å². The molecule has 19 heavy (non-hydrogen) atoms. The first-order valence-electron chi connectivity index (χ1n) is 6.70. The summed E-state index contributed by atoms with van der Waals surface area (Å²) in [4.78, 5) is 11.3. The Bertz CT molecular complexity index is 629. The molecule has 1 aliphatic carbocycles. The van der Waals surface area contributed by atoms with Crippen LogP contribution >= 0.6 is 0 Å². The Kier molecular flexibility index (Phi) is 3.08. The topological polar surface area (TPSA) is 37.3 Å². The van der Waals surface area contributed by atoms with Crippen molar-refractivity contribution in [3.05, 3.63) is 59.2 Å². The van der Waals surface area contributed by atoms with Gasteiger partial charge in [0.25, 0.3) is 0 Å². The quantitative estimate of drug-likeness (QED) is 0.879. The standard InChI is InChI=1S/C17H16O2/c18-17(19)16-8-4-3-7-15(16)14-10-9-12-5-1-2-6-13(12)11-14/h3-4,7-11H,1-2,5-6H2,(H,18,19). The molecule has 96 valence electrons. The Hall–Kier alpha value is -2.09. The second-order valence-electron chi connectivity index (χ2n) is 5.04. The minimum Gasteiger partial charge on any atom is -0.478 e. The lowest BCUT2D eigenvalue weighted by molar-refractivity contribution is 0.0697. The van der Waals surface area contributed by atoms with Crippen molar-refractivity contribution in [1.82, 2.24) is 0 Å². The number of carboxylic acids is 1. The van der Waals surface area contributed by atoms with Crippen LogP contribution in [0.4, 0.5) is 0 Å². The number of carboxylic acid groups (broad SMARTS) is 1. The summed E-state index contributed by atoms with van der Waals surface area (Å²) in [5.74, 6) is -0.867. The molecule has 0 saturated carbocycles. The third kappa shape index (κ3) is 2.26. The van der Waals surface area contributed by atoms with E-state index in [1.165, 1.54) is 24.0 Å². The molecule has 0 saturated heterocycles. The number of fused-ring (bicyclic) bond motifs is 1. The molecule has 0 aromatic heterocycles. The van der Waals surface area contributed by atoms with Gasteiger partial charge in [0.15, 0.2) is 0 Å². The van der Waals surface area contributed by atoms with Gasteiger partial charge in [0, 0.05) is 0 Å². The summed E-state index contributed by atoms with van der Waals surface area (Å²) >= 11 is 0. The van der Waals surface area contributed by atoms with Gasteiger partial charge in [-0.15, -0.1) is 0 Å². The summed E-state index contributed by atoms with van der Waals surface area (Å²) < 4.78 is 0. The van der Waals surface area contributed by atoms with Gasteiger partial charge in [-0.05, 0) is 54.0 Å². The lowest BCUT2D eigenvalue weighted by Crippen LogP contribution is -2.03. The Morgan fingerprint density at radius 3 is 2.47 bits per heavy atom. The van der Waals surface area contributed by atoms with Gasteiger partial charge in [0.2, 0.25) is 0 Å². The van der Waals surface area contributed by atoms with Crippen molar-refractivity contribution >= 4 is 5.97 Å². The minimum absolute atomic E-state index is 0.373. The molecule has 2 aromatic rings. The smallest absolute Gasteiger partial charge is 0.336 e. The molecular formula is C17H16O2. The number of aryl methyl sites for hydroxylation is 2. The number of carbonyl (C=O) groups is 1. The van der Waals surface area contributed by atoms with Crippen LogP contribution in [0.15, 0.2) is 42.5 Å². The first-order valence-corrected chi connectivity index (χ1v) is 6.70. The first kappa shape index (κ1) is 12.0. The minimum atomic E-state index is -0.867. The molecule has 2 aromatic carbocycles. The zero-order valence-electron chi connectivity index (χ0n) is 10.7. The average molecular weight is 252 g/mol. The lowest BCUT2D eigenvalue weighted by atomic mass is 9.88. The molecular weight excluding hydrogens is 236 g/mol. The fraction of sp³-hybridized carbons (Fsp3) is 0.235. The fourth-order valence-corrected chi connectivity index (χ4v) is 2.82. The van der Waals surface area contributed by atoms with Gasteiger partial charge in [-0.3, -0.25) is 0 Å². The second-order valence-corrected chi connectivity index (χ2v) is 5.04. The molecule has 0 aliphatic heterocycles. The monoisotopic (exact) mass is 252 g/mol. The van der Waals surface area contributed by atoms with Crippen molar-refractivity contribution < 1.29 is 9.90 Å². The number of rotatable bonds is 2. The van der Waals surface area contributed by atoms with Gasteiger partial charge in [0.05, 0.1) is 5.56 Å². The normalized spacial score (nSPS) is 13.9. The third-order valence-electron chi connectivity index (χ3n) is 3.82. The van der Waals surface area contributed by atoms with Crippen LogP contribution in [0.1, 0.15) is 34.3 Å². The second kappa shape index (κ2) is 4.88. The highest BCUT2D eigenvalue weighted by molar-refractivity contribution is 5.96. The maximum absolute atomic E-state index is 11.3. The Balaban J connectivity index is 2.10. The summed E-state index contributed by atoms with van der Waals surface area (Å²) in [5.41, 5.74) is 4.99. The first-order chi connectivity index (χ1) is 9.25. The Morgan fingerprint density at radius 1 is 0.947 bits per heavy atom. The molecule has 0 spiro atoms. The zero-order chi connectivity index (χ0) is 13.2. The van der Waals surface area contributed by atoms with Gasteiger partial charge < -0.3 is 5.11 Å². The molecule has 1 N–H and O–H groups in total. The SMILES string of the molecule is O=C(O)c1ccccc1-c1ccc2c(c1)CCCC2. The maximum Gasteiger partial charge on any atom is 0.336 e. The number of hydrogen-bond donors (Lipinski definition) is 1. The molecule has 0 radical (unpaired) electrons. The molecule has 0 amide bonds. The third-order valence-corrected chi connectivity index (χ3v) is 3.82. The van der Waals surface area contributed by atoms with E-state index in [4.69, 9.17) is 0 Å². The van der Waals surface area contributed by atoms with E-state index < -0.39 is 5.97 Å². The molecule has 1 aliphatic rings. The van der Waals surface area contributed by atoms with Gasteiger partial charge in [-0.1, -0.05) is 36.4 Å². The van der Waals surface area contributed by atoms with Crippen molar-refractivity contribution in [2.24, 2.45) is 0 Å². The summed E-state index contributed by atoms with van der Waals surface area (Å²) in [6.45, 7) is 0. The summed E-state index contributed by atoms with van der Waals surface area (Å²) in [7, 11) is 0. The van der Waals surface area contributed by atoms with E-state index in [1.54, 1.807) is 12.1 Å². The molecule has 2 nitrogen and oxygen atoms in total. The van der Waals surface area contributed by atoms with E-state index in [-0.39, 0.29) is 0 Å². The Morgan fingerprint density at radius 2 is 1.68 bits per heavy atom. The summed E-state index contributed by atoms with van der Waals surface area (Å²) in [5, 5.41) is 9.27. The van der Waals surface area contributed by atoms with E-state index >= 15 is 0 Å². The summed E-state index contributed by atoms with van der Waals surface area (Å²) in [6.07, 6.45) is 4.75. The lowest BCUT2D eigenvalue weighted by Gasteiger charge is -2.17. The highest BCUT2D eigenvalue weighted by atomic mass is 16.4. The average Bonchev–Trinajstić information content (AvgIpc) is 2.46.